The molecule has 1 N–H and O–H groups in total. The van der Waals surface area contributed by atoms with E-state index in [1.54, 1.807) is 17.7 Å². The fraction of sp³-hybridized carbons (Fsp3) is 0.250. The van der Waals surface area contributed by atoms with Gasteiger partial charge in [0, 0.05) is 13.1 Å². The van der Waals surface area contributed by atoms with E-state index in [4.69, 9.17) is 5.11 Å². The van der Waals surface area contributed by atoms with E-state index in [1.807, 2.05) is 0 Å². The van der Waals surface area contributed by atoms with Gasteiger partial charge in [-0.3, -0.25) is 4.79 Å². The standard InChI is InChI=1S/C8H8N4O3/c1-12-6(4-7(13)14)9-10-8(12)5-2-3-15-11-5/h2-3H,4H2,1H3,(H,13,14). The molecule has 0 aromatic carbocycles. The Balaban J connectivity index is 2.36. The van der Waals surface area contributed by atoms with Crippen molar-refractivity contribution < 1.29 is 14.4 Å². The van der Waals surface area contributed by atoms with E-state index in [9.17, 15) is 4.79 Å². The number of carbonyl (C=O) groups is 1. The van der Waals surface area contributed by atoms with Gasteiger partial charge in [-0.25, -0.2) is 0 Å². The van der Waals surface area contributed by atoms with E-state index in [-0.39, 0.29) is 6.42 Å². The van der Waals surface area contributed by atoms with Crippen molar-refractivity contribution >= 4 is 5.97 Å². The van der Waals surface area contributed by atoms with Crippen molar-refractivity contribution in [2.75, 3.05) is 0 Å². The summed E-state index contributed by atoms with van der Waals surface area (Å²) in [6.07, 6.45) is 1.25. The quantitative estimate of drug-likeness (QED) is 0.768. The molecular weight excluding hydrogens is 200 g/mol. The molecule has 2 aromatic heterocycles. The topological polar surface area (TPSA) is 94.0 Å². The minimum Gasteiger partial charge on any atom is -0.481 e. The second-order valence-electron chi connectivity index (χ2n) is 2.95. The molecule has 0 amide bonds. The smallest absolute Gasteiger partial charge is 0.311 e. The van der Waals surface area contributed by atoms with Crippen LogP contribution >= 0.6 is 0 Å². The van der Waals surface area contributed by atoms with Crippen LogP contribution in [0.1, 0.15) is 5.82 Å². The largest absolute Gasteiger partial charge is 0.481 e. The van der Waals surface area contributed by atoms with Gasteiger partial charge in [-0.1, -0.05) is 5.16 Å². The number of rotatable bonds is 3. The summed E-state index contributed by atoms with van der Waals surface area (Å²) in [4.78, 5) is 10.5. The molecule has 0 aliphatic carbocycles. The monoisotopic (exact) mass is 208 g/mol. The first-order valence-electron chi connectivity index (χ1n) is 4.19. The lowest BCUT2D eigenvalue weighted by Crippen LogP contribution is -2.07. The molecule has 0 aliphatic heterocycles. The first-order chi connectivity index (χ1) is 7.18. The van der Waals surface area contributed by atoms with Crippen LogP contribution in [0.2, 0.25) is 0 Å². The lowest BCUT2D eigenvalue weighted by Gasteiger charge is -1.98. The van der Waals surface area contributed by atoms with Gasteiger partial charge in [0.2, 0.25) is 0 Å². The van der Waals surface area contributed by atoms with Crippen molar-refractivity contribution in [1.82, 2.24) is 19.9 Å². The van der Waals surface area contributed by atoms with E-state index >= 15 is 0 Å². The number of hydrogen-bond acceptors (Lipinski definition) is 5. The highest BCUT2D eigenvalue weighted by molar-refractivity contribution is 5.69. The zero-order chi connectivity index (χ0) is 10.8. The first-order valence-corrected chi connectivity index (χ1v) is 4.19. The van der Waals surface area contributed by atoms with Gasteiger partial charge in [0.15, 0.2) is 11.5 Å². The second kappa shape index (κ2) is 3.52. The summed E-state index contributed by atoms with van der Waals surface area (Å²) in [7, 11) is 1.68. The van der Waals surface area contributed by atoms with Crippen LogP contribution < -0.4 is 0 Å². The van der Waals surface area contributed by atoms with Gasteiger partial charge in [-0.15, -0.1) is 10.2 Å². The molecule has 7 nitrogen and oxygen atoms in total. The molecule has 7 heteroatoms. The van der Waals surface area contributed by atoms with Crippen molar-refractivity contribution in [3.05, 3.63) is 18.2 Å². The van der Waals surface area contributed by atoms with Crippen LogP contribution in [0.4, 0.5) is 0 Å². The van der Waals surface area contributed by atoms with Crippen molar-refractivity contribution in [2.45, 2.75) is 6.42 Å². The number of aromatic nitrogens is 4. The summed E-state index contributed by atoms with van der Waals surface area (Å²) in [6.45, 7) is 0. The number of hydrogen-bond donors (Lipinski definition) is 1. The Morgan fingerprint density at radius 3 is 3.00 bits per heavy atom. The molecular formula is C8H8N4O3. The third-order valence-corrected chi connectivity index (χ3v) is 1.94. The highest BCUT2D eigenvalue weighted by atomic mass is 16.5. The van der Waals surface area contributed by atoms with Crippen molar-refractivity contribution in [1.29, 1.82) is 0 Å². The van der Waals surface area contributed by atoms with Crippen LogP contribution in [-0.4, -0.2) is 31.0 Å². The summed E-state index contributed by atoms with van der Waals surface area (Å²) in [5.74, 6) is -0.0855. The molecule has 2 rings (SSSR count). The van der Waals surface area contributed by atoms with Crippen LogP contribution in [0.5, 0.6) is 0 Å². The van der Waals surface area contributed by atoms with E-state index in [0.717, 1.165) is 0 Å². The lowest BCUT2D eigenvalue weighted by atomic mass is 10.4. The molecule has 0 unspecified atom stereocenters. The maximum absolute atomic E-state index is 10.5. The number of carboxylic acids is 1. The Bertz CT molecular complexity index is 474. The molecule has 0 saturated carbocycles. The molecule has 78 valence electrons. The third-order valence-electron chi connectivity index (χ3n) is 1.94. The maximum atomic E-state index is 10.5. The molecule has 2 aromatic rings. The molecule has 0 spiro atoms. The van der Waals surface area contributed by atoms with Gasteiger partial charge >= 0.3 is 5.97 Å². The number of carboxylic acid groups (broad SMARTS) is 1. The van der Waals surface area contributed by atoms with Gasteiger partial charge in [0.25, 0.3) is 0 Å². The van der Waals surface area contributed by atoms with Gasteiger partial charge in [0.05, 0.1) is 0 Å². The van der Waals surface area contributed by atoms with E-state index in [1.165, 1.54) is 6.26 Å². The third kappa shape index (κ3) is 1.71. The summed E-state index contributed by atoms with van der Waals surface area (Å²) in [5.41, 5.74) is 0.529. The van der Waals surface area contributed by atoms with Crippen molar-refractivity contribution in [3.63, 3.8) is 0 Å². The van der Waals surface area contributed by atoms with E-state index < -0.39 is 5.97 Å². The Morgan fingerprint density at radius 2 is 2.40 bits per heavy atom. The molecule has 0 radical (unpaired) electrons. The minimum atomic E-state index is -0.947. The zero-order valence-corrected chi connectivity index (χ0v) is 7.91. The first kappa shape index (κ1) is 9.38. The highest BCUT2D eigenvalue weighted by Gasteiger charge is 2.14. The van der Waals surface area contributed by atoms with Crippen LogP contribution in [0.25, 0.3) is 11.5 Å². The Hall–Kier alpha value is -2.18. The minimum absolute atomic E-state index is 0.165. The van der Waals surface area contributed by atoms with Gasteiger partial charge in [-0.2, -0.15) is 0 Å². The Kier molecular flexibility index (Phi) is 2.20. The molecule has 0 aliphatic rings. The Morgan fingerprint density at radius 1 is 1.60 bits per heavy atom. The summed E-state index contributed by atoms with van der Waals surface area (Å²) in [5, 5.41) is 19.9. The molecule has 15 heavy (non-hydrogen) atoms. The molecule has 2 heterocycles. The average Bonchev–Trinajstić information content (AvgIpc) is 2.76. The second-order valence-corrected chi connectivity index (χ2v) is 2.95. The predicted octanol–water partition coefficient (Wildman–Crippen LogP) is 0.0972. The van der Waals surface area contributed by atoms with Crippen LogP contribution in [0.3, 0.4) is 0 Å². The fourth-order valence-corrected chi connectivity index (χ4v) is 1.20. The summed E-state index contributed by atoms with van der Waals surface area (Å²) in [6, 6.07) is 1.63. The van der Waals surface area contributed by atoms with Gasteiger partial charge in [0.1, 0.15) is 18.5 Å². The lowest BCUT2D eigenvalue weighted by molar-refractivity contribution is -0.136. The normalized spacial score (nSPS) is 10.5. The van der Waals surface area contributed by atoms with E-state index in [2.05, 4.69) is 19.9 Å². The number of nitrogens with zero attached hydrogens (tertiary/aromatic N) is 4. The van der Waals surface area contributed by atoms with Crippen LogP contribution in [-0.2, 0) is 18.3 Å². The van der Waals surface area contributed by atoms with Gasteiger partial charge in [-0.05, 0) is 0 Å². The molecule has 0 saturated heterocycles. The van der Waals surface area contributed by atoms with Crippen molar-refractivity contribution in [3.8, 4) is 11.5 Å². The number of aliphatic carboxylic acids is 1. The van der Waals surface area contributed by atoms with Gasteiger partial charge < -0.3 is 14.2 Å². The summed E-state index contributed by atoms with van der Waals surface area (Å²) >= 11 is 0. The highest BCUT2D eigenvalue weighted by Crippen LogP contribution is 2.14. The maximum Gasteiger partial charge on any atom is 0.311 e. The van der Waals surface area contributed by atoms with E-state index in [0.29, 0.717) is 17.3 Å². The SMILES string of the molecule is Cn1c(CC(=O)O)nnc1-c1ccon1. The Labute approximate surface area is 84.3 Å². The zero-order valence-electron chi connectivity index (χ0n) is 7.91. The molecule has 0 fully saturated rings. The average molecular weight is 208 g/mol. The summed E-state index contributed by atoms with van der Waals surface area (Å²) < 4.78 is 6.24. The fourth-order valence-electron chi connectivity index (χ4n) is 1.20. The van der Waals surface area contributed by atoms with Crippen LogP contribution in [0, 0.1) is 0 Å². The predicted molar refractivity (Wildman–Crippen MR) is 47.8 cm³/mol. The van der Waals surface area contributed by atoms with Crippen molar-refractivity contribution in [2.24, 2.45) is 7.05 Å². The van der Waals surface area contributed by atoms with Crippen LogP contribution in [0.15, 0.2) is 16.9 Å². The molecule has 0 bridgehead atoms. The molecule has 0 atom stereocenters.